The molecular weight excluding hydrogens is 182 g/mol. The summed E-state index contributed by atoms with van der Waals surface area (Å²) in [6, 6.07) is 2.13. The zero-order chi connectivity index (χ0) is 9.68. The Morgan fingerprint density at radius 3 is 3.00 bits per heavy atom. The lowest BCUT2D eigenvalue weighted by Gasteiger charge is -2.10. The van der Waals surface area contributed by atoms with Gasteiger partial charge in [-0.05, 0) is 17.9 Å². The summed E-state index contributed by atoms with van der Waals surface area (Å²) in [6.45, 7) is 2.18. The van der Waals surface area contributed by atoms with Crippen molar-refractivity contribution in [2.75, 3.05) is 7.11 Å². The molecule has 0 radical (unpaired) electrons. The number of methoxy groups -OCH3 is 1. The van der Waals surface area contributed by atoms with Crippen LogP contribution >= 0.6 is 11.3 Å². The molecule has 0 saturated carbocycles. The summed E-state index contributed by atoms with van der Waals surface area (Å²) in [4.78, 5) is 1.18. The lowest BCUT2D eigenvalue weighted by atomic mass is 10.1. The molecule has 3 heteroatoms. The first kappa shape index (κ1) is 10.5. The van der Waals surface area contributed by atoms with E-state index in [9.17, 15) is 0 Å². The summed E-state index contributed by atoms with van der Waals surface area (Å²) < 4.78 is 5.22. The molecule has 1 heterocycles. The minimum absolute atomic E-state index is 0.148. The Labute approximate surface area is 83.7 Å². The Bertz CT molecular complexity index is 247. The van der Waals surface area contributed by atoms with Gasteiger partial charge in [0.2, 0.25) is 0 Å². The average Bonchev–Trinajstić information content (AvgIpc) is 2.61. The average molecular weight is 199 g/mol. The molecule has 1 aromatic heterocycles. The Morgan fingerprint density at radius 1 is 1.62 bits per heavy atom. The predicted octanol–water partition coefficient (Wildman–Crippen LogP) is 2.95. The first-order valence-corrected chi connectivity index (χ1v) is 5.54. The van der Waals surface area contributed by atoms with Crippen LogP contribution in [-0.2, 0) is 0 Å². The van der Waals surface area contributed by atoms with Gasteiger partial charge in [-0.15, -0.1) is 11.3 Å². The topological polar surface area (TPSA) is 35.2 Å². The van der Waals surface area contributed by atoms with Crippen molar-refractivity contribution in [1.82, 2.24) is 0 Å². The highest BCUT2D eigenvalue weighted by Crippen LogP contribution is 2.31. The van der Waals surface area contributed by atoms with E-state index >= 15 is 0 Å². The van der Waals surface area contributed by atoms with Gasteiger partial charge < -0.3 is 10.5 Å². The summed E-state index contributed by atoms with van der Waals surface area (Å²) in [6.07, 6.45) is 3.43. The SMILES string of the molecule is CCCCC(N)c1sccc1OC. The van der Waals surface area contributed by atoms with Crippen molar-refractivity contribution in [3.05, 3.63) is 16.3 Å². The van der Waals surface area contributed by atoms with Crippen LogP contribution in [0.5, 0.6) is 5.75 Å². The van der Waals surface area contributed by atoms with Gasteiger partial charge in [0.15, 0.2) is 0 Å². The molecule has 0 aliphatic rings. The van der Waals surface area contributed by atoms with Gasteiger partial charge in [-0.1, -0.05) is 19.8 Å². The number of rotatable bonds is 5. The van der Waals surface area contributed by atoms with Crippen molar-refractivity contribution < 1.29 is 4.74 Å². The predicted molar refractivity (Wildman–Crippen MR) is 57.3 cm³/mol. The molecule has 1 rings (SSSR count). The Hall–Kier alpha value is -0.540. The fraction of sp³-hybridized carbons (Fsp3) is 0.600. The summed E-state index contributed by atoms with van der Waals surface area (Å²) in [5.41, 5.74) is 6.03. The normalized spacial score (nSPS) is 12.8. The molecule has 0 aliphatic carbocycles. The smallest absolute Gasteiger partial charge is 0.134 e. The van der Waals surface area contributed by atoms with Gasteiger partial charge in [0, 0.05) is 6.04 Å². The van der Waals surface area contributed by atoms with Crippen molar-refractivity contribution in [2.45, 2.75) is 32.2 Å². The van der Waals surface area contributed by atoms with Crippen LogP contribution < -0.4 is 10.5 Å². The summed E-state index contributed by atoms with van der Waals surface area (Å²) >= 11 is 1.68. The third kappa shape index (κ3) is 2.71. The molecule has 0 spiro atoms. The van der Waals surface area contributed by atoms with Crippen molar-refractivity contribution >= 4 is 11.3 Å². The molecule has 0 saturated heterocycles. The molecule has 0 fully saturated rings. The molecule has 1 unspecified atom stereocenters. The molecule has 0 aromatic carbocycles. The maximum Gasteiger partial charge on any atom is 0.134 e. The van der Waals surface area contributed by atoms with Gasteiger partial charge in [-0.25, -0.2) is 0 Å². The van der Waals surface area contributed by atoms with Crippen LogP contribution in [0.2, 0.25) is 0 Å². The second-order valence-electron chi connectivity index (χ2n) is 3.10. The van der Waals surface area contributed by atoms with Gasteiger partial charge in [0.1, 0.15) is 5.75 Å². The minimum atomic E-state index is 0.148. The van der Waals surface area contributed by atoms with Crippen LogP contribution in [0.25, 0.3) is 0 Å². The van der Waals surface area contributed by atoms with Crippen molar-refractivity contribution in [3.8, 4) is 5.75 Å². The molecule has 0 bridgehead atoms. The van der Waals surface area contributed by atoms with Crippen molar-refractivity contribution in [3.63, 3.8) is 0 Å². The number of nitrogens with two attached hydrogens (primary N) is 1. The van der Waals surface area contributed by atoms with E-state index in [4.69, 9.17) is 10.5 Å². The Kier molecular flexibility index (Phi) is 4.25. The maximum absolute atomic E-state index is 6.03. The van der Waals surface area contributed by atoms with Gasteiger partial charge in [-0.2, -0.15) is 0 Å². The molecule has 2 nitrogen and oxygen atoms in total. The van der Waals surface area contributed by atoms with Gasteiger partial charge in [0.05, 0.1) is 12.0 Å². The highest BCUT2D eigenvalue weighted by Gasteiger charge is 2.12. The van der Waals surface area contributed by atoms with Crippen molar-refractivity contribution in [1.29, 1.82) is 0 Å². The van der Waals surface area contributed by atoms with Crippen LogP contribution in [0.4, 0.5) is 0 Å². The first-order valence-electron chi connectivity index (χ1n) is 4.66. The van der Waals surface area contributed by atoms with E-state index in [0.717, 1.165) is 12.2 Å². The molecule has 0 amide bonds. The van der Waals surface area contributed by atoms with Crippen LogP contribution in [0.1, 0.15) is 37.1 Å². The summed E-state index contributed by atoms with van der Waals surface area (Å²) in [5, 5.41) is 2.03. The third-order valence-electron chi connectivity index (χ3n) is 2.08. The van der Waals surface area contributed by atoms with E-state index in [1.54, 1.807) is 18.4 Å². The van der Waals surface area contributed by atoms with Gasteiger partial charge in [-0.3, -0.25) is 0 Å². The number of hydrogen-bond acceptors (Lipinski definition) is 3. The number of thiophene rings is 1. The first-order chi connectivity index (χ1) is 6.29. The second kappa shape index (κ2) is 5.25. The molecule has 74 valence electrons. The van der Waals surface area contributed by atoms with Crippen LogP contribution in [0, 0.1) is 0 Å². The largest absolute Gasteiger partial charge is 0.496 e. The van der Waals surface area contributed by atoms with Crippen molar-refractivity contribution in [2.24, 2.45) is 5.73 Å². The molecule has 1 atom stereocenters. The number of ether oxygens (including phenoxy) is 1. The zero-order valence-electron chi connectivity index (χ0n) is 8.25. The lowest BCUT2D eigenvalue weighted by Crippen LogP contribution is -2.09. The molecule has 1 aromatic rings. The van der Waals surface area contributed by atoms with E-state index in [2.05, 4.69) is 6.92 Å². The summed E-state index contributed by atoms with van der Waals surface area (Å²) in [5.74, 6) is 0.939. The monoisotopic (exact) mass is 199 g/mol. The van der Waals surface area contributed by atoms with E-state index in [1.807, 2.05) is 11.4 Å². The van der Waals surface area contributed by atoms with E-state index in [-0.39, 0.29) is 6.04 Å². The van der Waals surface area contributed by atoms with Crippen LogP contribution in [0.3, 0.4) is 0 Å². The highest BCUT2D eigenvalue weighted by molar-refractivity contribution is 7.10. The standard InChI is InChI=1S/C10H17NOS/c1-3-4-5-8(11)10-9(12-2)6-7-13-10/h6-8H,3-5,11H2,1-2H3. The Morgan fingerprint density at radius 2 is 2.38 bits per heavy atom. The second-order valence-corrected chi connectivity index (χ2v) is 4.05. The fourth-order valence-electron chi connectivity index (χ4n) is 1.30. The number of hydrogen-bond donors (Lipinski definition) is 1. The van der Waals surface area contributed by atoms with E-state index < -0.39 is 0 Å². The Balaban J connectivity index is 2.59. The quantitative estimate of drug-likeness (QED) is 0.791. The zero-order valence-corrected chi connectivity index (χ0v) is 9.06. The van der Waals surface area contributed by atoms with Gasteiger partial charge >= 0.3 is 0 Å². The summed E-state index contributed by atoms with van der Waals surface area (Å²) in [7, 11) is 1.69. The highest BCUT2D eigenvalue weighted by atomic mass is 32.1. The fourth-order valence-corrected chi connectivity index (χ4v) is 2.20. The van der Waals surface area contributed by atoms with Crippen LogP contribution in [0.15, 0.2) is 11.4 Å². The molecular formula is C10H17NOS. The molecule has 13 heavy (non-hydrogen) atoms. The van der Waals surface area contributed by atoms with Gasteiger partial charge in [0.25, 0.3) is 0 Å². The minimum Gasteiger partial charge on any atom is -0.496 e. The third-order valence-corrected chi connectivity index (χ3v) is 3.11. The molecule has 2 N–H and O–H groups in total. The number of unbranched alkanes of at least 4 members (excludes halogenated alkanes) is 1. The molecule has 0 aliphatic heterocycles. The lowest BCUT2D eigenvalue weighted by molar-refractivity contribution is 0.407. The van der Waals surface area contributed by atoms with E-state index in [1.165, 1.54) is 17.7 Å². The maximum atomic E-state index is 6.03. The van der Waals surface area contributed by atoms with E-state index in [0.29, 0.717) is 0 Å². The van der Waals surface area contributed by atoms with Crippen LogP contribution in [-0.4, -0.2) is 7.11 Å².